The van der Waals surface area contributed by atoms with Crippen LogP contribution in [0.4, 0.5) is 0 Å². The number of nitrogens with two attached hydrogens (primary N) is 5. The number of likely N-dealkylation sites (tertiary alicyclic amines) is 1. The standard InChI is InChI=1S/C70H93ClN18O12/c1-40(2)32-52(61(94)83-51(20-12-30-79-70(75)76)68(101)89-31-13-21-58(89)67(100)80-41(3)59(72)92)84-64(97)56(37-46-16-10-28-77-38-46)85-60(93)50(19-11-29-78-69(73)74)82-66(99)57(39-90)88-65(98)54(34-43-14-6-5-7-15-43)87-63(96)55(35-44-23-26-49(71)27-24-44)86-62(95)53(81-42(4)91)36-45-22-25-47-17-8-9-18-48(47)33-45/h5-10,14-18,22-28,33,38,40-41,50-58,90H,11-13,19-21,29-32,34-37,39H2,1-4H3,(H2,72,92)(H,80,100)(H,81,91)(H,82,99)(H,83,94)(H,84,97)(H,85,93)(H,86,95)(H,87,96)(H,88,98)(H4,73,74,78)(H4,75,76,79)/t41-,50+,51+,52+,53-,54-,55-,56-,57+,58+/m1/s1. The van der Waals surface area contributed by atoms with Crippen LogP contribution in [0.3, 0.4) is 0 Å². The predicted molar refractivity (Wildman–Crippen MR) is 380 cm³/mol. The van der Waals surface area contributed by atoms with E-state index in [1.54, 1.807) is 80.6 Å². The van der Waals surface area contributed by atoms with Crippen LogP contribution < -0.4 is 76.5 Å². The van der Waals surface area contributed by atoms with Crippen molar-refractivity contribution in [2.24, 2.45) is 44.6 Å². The summed E-state index contributed by atoms with van der Waals surface area (Å²) in [5, 5.41) is 37.3. The van der Waals surface area contributed by atoms with Gasteiger partial charge in [-0.25, -0.2) is 0 Å². The molecule has 1 saturated heterocycles. The summed E-state index contributed by atoms with van der Waals surface area (Å²) in [5.41, 5.74) is 30.1. The van der Waals surface area contributed by atoms with Gasteiger partial charge in [0.15, 0.2) is 11.9 Å². The minimum absolute atomic E-state index is 0.0148. The number of nitrogens with zero attached hydrogens (tertiary/aromatic N) is 4. The fourth-order valence-electron chi connectivity index (χ4n) is 11.4. The molecule has 11 amide bonds. The van der Waals surface area contributed by atoms with Gasteiger partial charge in [0, 0.05) is 69.7 Å². The van der Waals surface area contributed by atoms with Crippen molar-refractivity contribution >= 4 is 99.3 Å². The molecule has 6 rings (SSSR count). The van der Waals surface area contributed by atoms with E-state index in [9.17, 15) is 57.8 Å². The van der Waals surface area contributed by atoms with Crippen molar-refractivity contribution in [3.8, 4) is 0 Å². The first kappa shape index (κ1) is 79.2. The number of aliphatic hydroxyl groups excluding tert-OH is 1. The first-order valence-electron chi connectivity index (χ1n) is 33.3. The van der Waals surface area contributed by atoms with Crippen LogP contribution in [-0.4, -0.2) is 179 Å². The maximum atomic E-state index is 14.8. The Morgan fingerprint density at radius 3 is 1.52 bits per heavy atom. The third-order valence-electron chi connectivity index (χ3n) is 16.6. The molecule has 0 aliphatic carbocycles. The zero-order valence-corrected chi connectivity index (χ0v) is 57.8. The fourth-order valence-corrected chi connectivity index (χ4v) is 11.5. The molecule has 542 valence electrons. The van der Waals surface area contributed by atoms with Gasteiger partial charge in [-0.2, -0.15) is 0 Å². The number of benzene rings is 4. The second-order valence-corrected chi connectivity index (χ2v) is 25.6. The molecule has 0 spiro atoms. The summed E-state index contributed by atoms with van der Waals surface area (Å²) in [6, 6.07) is 18.0. The molecule has 20 N–H and O–H groups in total. The third kappa shape index (κ3) is 26.1. The maximum absolute atomic E-state index is 14.8. The number of aromatic nitrogens is 1. The van der Waals surface area contributed by atoms with Crippen molar-refractivity contribution < 1.29 is 57.8 Å². The first-order valence-corrected chi connectivity index (χ1v) is 33.7. The molecule has 0 bridgehead atoms. The summed E-state index contributed by atoms with van der Waals surface area (Å²) in [6.07, 6.45) is 3.20. The lowest BCUT2D eigenvalue weighted by molar-refractivity contribution is -0.142. The molecule has 2 heterocycles. The Hall–Kier alpha value is -10.7. The Kier molecular flexibility index (Phi) is 31.2. The normalized spacial score (nSPS) is 15.2. The van der Waals surface area contributed by atoms with Crippen LogP contribution in [0.15, 0.2) is 132 Å². The van der Waals surface area contributed by atoms with E-state index < -0.39 is 132 Å². The van der Waals surface area contributed by atoms with Gasteiger partial charge in [-0.3, -0.25) is 67.7 Å². The van der Waals surface area contributed by atoms with Crippen LogP contribution in [0.2, 0.25) is 5.02 Å². The number of aliphatic imine (C=N–C) groups is 2. The van der Waals surface area contributed by atoms with Crippen molar-refractivity contribution in [2.45, 2.75) is 159 Å². The predicted octanol–water partition coefficient (Wildman–Crippen LogP) is -0.816. The molecule has 1 aliphatic heterocycles. The average molecular weight is 1410 g/mol. The molecule has 1 aromatic heterocycles. The van der Waals surface area contributed by atoms with Crippen LogP contribution >= 0.6 is 11.6 Å². The maximum Gasteiger partial charge on any atom is 0.245 e. The number of carbonyl (C=O) groups is 11. The fraction of sp³-hybridized carbons (Fsp3) is 0.429. The monoisotopic (exact) mass is 1410 g/mol. The number of carbonyl (C=O) groups excluding carboxylic acids is 11. The second kappa shape index (κ2) is 39.7. The number of nitrogens with one attached hydrogen (secondary N) is 9. The number of primary amides is 1. The van der Waals surface area contributed by atoms with Gasteiger partial charge in [0.25, 0.3) is 0 Å². The minimum atomic E-state index is -1.80. The molecule has 101 heavy (non-hydrogen) atoms. The summed E-state index contributed by atoms with van der Waals surface area (Å²) in [6.45, 7) is 5.38. The van der Waals surface area contributed by atoms with Crippen molar-refractivity contribution in [3.05, 3.63) is 149 Å². The first-order chi connectivity index (χ1) is 48.2. The molecule has 4 aromatic carbocycles. The molecular formula is C70H93ClN18O12. The van der Waals surface area contributed by atoms with Gasteiger partial charge < -0.3 is 86.5 Å². The zero-order valence-electron chi connectivity index (χ0n) is 57.0. The van der Waals surface area contributed by atoms with Crippen molar-refractivity contribution in [3.63, 3.8) is 0 Å². The van der Waals surface area contributed by atoms with Crippen molar-refractivity contribution in [1.29, 1.82) is 0 Å². The molecule has 0 unspecified atom stereocenters. The number of hydrogen-bond donors (Lipinski definition) is 15. The topological polar surface area (TPSA) is 487 Å². The number of guanidine groups is 2. The van der Waals surface area contributed by atoms with Gasteiger partial charge in [-0.05, 0) is 109 Å². The van der Waals surface area contributed by atoms with Crippen LogP contribution in [0.1, 0.15) is 94.9 Å². The molecule has 10 atom stereocenters. The van der Waals surface area contributed by atoms with E-state index in [1.165, 1.54) is 31.1 Å². The SMILES string of the molecule is CC(=O)N[C@H](Cc1ccc2ccccc2c1)C(=O)N[C@H](Cc1ccc(Cl)cc1)C(=O)N[C@H](Cc1ccccc1)C(=O)N[C@@H](CO)C(=O)N[C@@H](CCCN=C(N)N)C(=O)N[C@H](Cc1cccnc1)C(=O)N[C@@H](CC(C)C)C(=O)N[C@@H](CCCN=C(N)N)C(=O)N1CCC[C@H]1C(=O)N[C@H](C)C(N)=O. The molecular weight excluding hydrogens is 1320 g/mol. The number of aliphatic hydroxyl groups is 1. The highest BCUT2D eigenvalue weighted by Gasteiger charge is 2.40. The number of fused-ring (bicyclic) bond motifs is 1. The lowest BCUT2D eigenvalue weighted by atomic mass is 9.99. The summed E-state index contributed by atoms with van der Waals surface area (Å²) < 4.78 is 0. The Labute approximate surface area is 590 Å². The number of hydrogen-bond acceptors (Lipinski definition) is 15. The van der Waals surface area contributed by atoms with E-state index in [-0.39, 0.29) is 102 Å². The highest BCUT2D eigenvalue weighted by Crippen LogP contribution is 2.22. The molecule has 0 radical (unpaired) electrons. The lowest BCUT2D eigenvalue weighted by Gasteiger charge is -2.31. The molecule has 30 nitrogen and oxygen atoms in total. The minimum Gasteiger partial charge on any atom is -0.394 e. The zero-order chi connectivity index (χ0) is 73.7. The van der Waals surface area contributed by atoms with Gasteiger partial charge in [0.2, 0.25) is 65.0 Å². The van der Waals surface area contributed by atoms with Gasteiger partial charge in [0.05, 0.1) is 6.61 Å². The Morgan fingerprint density at radius 2 is 0.980 bits per heavy atom. The number of pyridine rings is 1. The van der Waals surface area contributed by atoms with Crippen LogP contribution in [0, 0.1) is 5.92 Å². The quantitative estimate of drug-likeness (QED) is 0.0130. The third-order valence-corrected chi connectivity index (χ3v) is 16.8. The van der Waals surface area contributed by atoms with E-state index in [0.717, 1.165) is 10.8 Å². The largest absolute Gasteiger partial charge is 0.394 e. The molecule has 1 fully saturated rings. The Balaban J connectivity index is 1.25. The summed E-state index contributed by atoms with van der Waals surface area (Å²) in [4.78, 5) is 168. The van der Waals surface area contributed by atoms with E-state index in [1.807, 2.05) is 42.5 Å². The van der Waals surface area contributed by atoms with Crippen molar-refractivity contribution in [1.82, 2.24) is 57.7 Å². The van der Waals surface area contributed by atoms with Crippen LogP contribution in [-0.2, 0) is 78.4 Å². The van der Waals surface area contributed by atoms with Gasteiger partial charge in [-0.15, -0.1) is 0 Å². The van der Waals surface area contributed by atoms with Gasteiger partial charge in [-0.1, -0.05) is 116 Å². The second-order valence-electron chi connectivity index (χ2n) is 25.2. The van der Waals surface area contributed by atoms with Gasteiger partial charge >= 0.3 is 0 Å². The van der Waals surface area contributed by atoms with E-state index in [2.05, 4.69) is 62.8 Å². The number of amides is 11. The number of rotatable bonds is 38. The van der Waals surface area contributed by atoms with Gasteiger partial charge in [0.1, 0.15) is 60.4 Å². The summed E-state index contributed by atoms with van der Waals surface area (Å²) in [5.74, 6) is -9.49. The van der Waals surface area contributed by atoms with Crippen LogP contribution in [0.5, 0.6) is 0 Å². The molecule has 0 saturated carbocycles. The summed E-state index contributed by atoms with van der Waals surface area (Å²) >= 11 is 6.23. The number of halogens is 1. The molecule has 1 aliphatic rings. The highest BCUT2D eigenvalue weighted by molar-refractivity contribution is 6.30. The van der Waals surface area contributed by atoms with E-state index in [4.69, 9.17) is 40.3 Å². The van der Waals surface area contributed by atoms with Crippen molar-refractivity contribution in [2.75, 3.05) is 26.2 Å². The van der Waals surface area contributed by atoms with E-state index >= 15 is 0 Å². The summed E-state index contributed by atoms with van der Waals surface area (Å²) in [7, 11) is 0. The lowest BCUT2D eigenvalue weighted by Crippen LogP contribution is -2.61. The highest BCUT2D eigenvalue weighted by atomic mass is 35.5. The van der Waals surface area contributed by atoms with E-state index in [0.29, 0.717) is 33.7 Å². The van der Waals surface area contributed by atoms with Crippen LogP contribution in [0.25, 0.3) is 10.8 Å². The average Bonchev–Trinajstić information content (AvgIpc) is 1.81. The Morgan fingerprint density at radius 1 is 0.525 bits per heavy atom. The molecule has 31 heteroatoms. The smallest absolute Gasteiger partial charge is 0.245 e. The molecule has 5 aromatic rings. The Bertz CT molecular complexity index is 3730.